The molecule has 0 bridgehead atoms. The number of hydrogen-bond donors (Lipinski definition) is 1. The van der Waals surface area contributed by atoms with E-state index in [4.69, 9.17) is 11.6 Å². The van der Waals surface area contributed by atoms with Gasteiger partial charge < -0.3 is 9.67 Å². The van der Waals surface area contributed by atoms with Crippen LogP contribution in [0.2, 0.25) is 5.02 Å². The molecule has 1 heterocycles. The molecule has 0 aliphatic carbocycles. The Bertz CT molecular complexity index is 753. The summed E-state index contributed by atoms with van der Waals surface area (Å²) in [4.78, 5) is 4.45. The fourth-order valence-electron chi connectivity index (χ4n) is 2.52. The Balaban J connectivity index is 1.84. The van der Waals surface area contributed by atoms with E-state index in [0.29, 0.717) is 11.4 Å². The topological polar surface area (TPSA) is 38.1 Å². The summed E-state index contributed by atoms with van der Waals surface area (Å²) in [7, 11) is 0. The van der Waals surface area contributed by atoms with Crippen LogP contribution in [0.25, 0.3) is 0 Å². The fourth-order valence-corrected chi connectivity index (χ4v) is 2.71. The van der Waals surface area contributed by atoms with Gasteiger partial charge in [0.15, 0.2) is 0 Å². The van der Waals surface area contributed by atoms with Gasteiger partial charge in [0.1, 0.15) is 5.82 Å². The molecular weight excluding hydrogens is 296 g/mol. The van der Waals surface area contributed by atoms with Crippen molar-refractivity contribution in [2.45, 2.75) is 19.6 Å². The predicted octanol–water partition coefficient (Wildman–Crippen LogP) is 3.67. The maximum atomic E-state index is 9.49. The SMILES string of the molecule is OCc1cc(Cl)ccc1Cc1nccn1Cc1ccccc1. The maximum Gasteiger partial charge on any atom is 0.113 e. The molecule has 0 aliphatic rings. The first-order valence-corrected chi connectivity index (χ1v) is 7.56. The first kappa shape index (κ1) is 14.8. The van der Waals surface area contributed by atoms with Crippen LogP contribution in [0, 0.1) is 0 Å². The molecule has 3 rings (SSSR count). The van der Waals surface area contributed by atoms with Gasteiger partial charge in [0, 0.05) is 30.4 Å². The summed E-state index contributed by atoms with van der Waals surface area (Å²) in [5, 5.41) is 10.1. The van der Waals surface area contributed by atoms with Crippen LogP contribution in [0.15, 0.2) is 60.9 Å². The smallest absolute Gasteiger partial charge is 0.113 e. The van der Waals surface area contributed by atoms with Gasteiger partial charge in [-0.3, -0.25) is 0 Å². The van der Waals surface area contributed by atoms with E-state index in [-0.39, 0.29) is 6.61 Å². The van der Waals surface area contributed by atoms with Crippen LogP contribution in [0.3, 0.4) is 0 Å². The molecule has 0 unspecified atom stereocenters. The minimum Gasteiger partial charge on any atom is -0.392 e. The molecule has 0 spiro atoms. The lowest BCUT2D eigenvalue weighted by Crippen LogP contribution is -2.06. The Morgan fingerprint density at radius 2 is 1.86 bits per heavy atom. The van der Waals surface area contributed by atoms with Crippen molar-refractivity contribution < 1.29 is 5.11 Å². The Kier molecular flexibility index (Phi) is 4.56. The normalized spacial score (nSPS) is 10.8. The van der Waals surface area contributed by atoms with Crippen molar-refractivity contribution in [3.63, 3.8) is 0 Å². The summed E-state index contributed by atoms with van der Waals surface area (Å²) in [5.74, 6) is 0.973. The van der Waals surface area contributed by atoms with Crippen LogP contribution >= 0.6 is 11.6 Å². The lowest BCUT2D eigenvalue weighted by Gasteiger charge is -2.11. The lowest BCUT2D eigenvalue weighted by molar-refractivity contribution is 0.280. The first-order valence-electron chi connectivity index (χ1n) is 7.18. The van der Waals surface area contributed by atoms with E-state index in [9.17, 15) is 5.11 Å². The van der Waals surface area contributed by atoms with Gasteiger partial charge in [0.2, 0.25) is 0 Å². The van der Waals surface area contributed by atoms with Gasteiger partial charge in [0.05, 0.1) is 6.61 Å². The fraction of sp³-hybridized carbons (Fsp3) is 0.167. The number of aliphatic hydroxyl groups excluding tert-OH is 1. The predicted molar refractivity (Wildman–Crippen MR) is 88.0 cm³/mol. The van der Waals surface area contributed by atoms with Gasteiger partial charge >= 0.3 is 0 Å². The third-order valence-corrected chi connectivity index (χ3v) is 3.92. The summed E-state index contributed by atoms with van der Waals surface area (Å²) in [6.45, 7) is 0.771. The van der Waals surface area contributed by atoms with E-state index in [0.717, 1.165) is 23.5 Å². The highest BCUT2D eigenvalue weighted by Gasteiger charge is 2.09. The summed E-state index contributed by atoms with van der Waals surface area (Å²) in [6, 6.07) is 15.9. The summed E-state index contributed by atoms with van der Waals surface area (Å²) >= 11 is 5.98. The zero-order chi connectivity index (χ0) is 15.4. The average Bonchev–Trinajstić information content (AvgIpc) is 2.97. The van der Waals surface area contributed by atoms with Crippen molar-refractivity contribution in [3.05, 3.63) is 88.5 Å². The second-order valence-corrected chi connectivity index (χ2v) is 5.64. The Morgan fingerprint density at radius 3 is 2.64 bits per heavy atom. The molecule has 4 heteroatoms. The molecule has 22 heavy (non-hydrogen) atoms. The number of benzene rings is 2. The first-order chi connectivity index (χ1) is 10.8. The Hall–Kier alpha value is -2.10. The highest BCUT2D eigenvalue weighted by molar-refractivity contribution is 6.30. The van der Waals surface area contributed by atoms with E-state index in [1.165, 1.54) is 5.56 Å². The second kappa shape index (κ2) is 6.77. The minimum absolute atomic E-state index is 0.0186. The van der Waals surface area contributed by atoms with E-state index >= 15 is 0 Å². The number of rotatable bonds is 5. The third kappa shape index (κ3) is 3.38. The average molecular weight is 313 g/mol. The van der Waals surface area contributed by atoms with Crippen molar-refractivity contribution in [3.8, 4) is 0 Å². The molecule has 0 saturated heterocycles. The highest BCUT2D eigenvalue weighted by Crippen LogP contribution is 2.19. The van der Waals surface area contributed by atoms with Crippen LogP contribution in [0.5, 0.6) is 0 Å². The van der Waals surface area contributed by atoms with E-state index in [1.54, 1.807) is 6.07 Å². The number of hydrogen-bond acceptors (Lipinski definition) is 2. The standard InChI is InChI=1S/C18H17ClN2O/c19-17-7-6-15(16(10-17)13-22)11-18-20-8-9-21(18)12-14-4-2-1-3-5-14/h1-10,22H,11-13H2. The second-order valence-electron chi connectivity index (χ2n) is 5.20. The Labute approximate surface area is 134 Å². The minimum atomic E-state index is -0.0186. The molecule has 0 radical (unpaired) electrons. The summed E-state index contributed by atoms with van der Waals surface area (Å²) in [6.07, 6.45) is 4.47. The van der Waals surface area contributed by atoms with Crippen molar-refractivity contribution in [2.24, 2.45) is 0 Å². The quantitative estimate of drug-likeness (QED) is 0.780. The van der Waals surface area contributed by atoms with Crippen LogP contribution < -0.4 is 0 Å². The lowest BCUT2D eigenvalue weighted by atomic mass is 10.0. The van der Waals surface area contributed by atoms with Gasteiger partial charge in [-0.15, -0.1) is 0 Å². The largest absolute Gasteiger partial charge is 0.392 e. The molecule has 3 nitrogen and oxygen atoms in total. The molecule has 2 aromatic carbocycles. The number of aromatic nitrogens is 2. The van der Waals surface area contributed by atoms with Gasteiger partial charge in [-0.25, -0.2) is 4.98 Å². The number of aliphatic hydroxyl groups is 1. The third-order valence-electron chi connectivity index (χ3n) is 3.68. The maximum absolute atomic E-state index is 9.49. The Morgan fingerprint density at radius 1 is 1.05 bits per heavy atom. The van der Waals surface area contributed by atoms with Gasteiger partial charge in [-0.05, 0) is 28.8 Å². The zero-order valence-corrected chi connectivity index (χ0v) is 12.9. The molecule has 0 saturated carbocycles. The van der Waals surface area contributed by atoms with Crippen molar-refractivity contribution in [1.82, 2.24) is 9.55 Å². The van der Waals surface area contributed by atoms with Gasteiger partial charge in [0.25, 0.3) is 0 Å². The molecule has 1 aromatic heterocycles. The van der Waals surface area contributed by atoms with Gasteiger partial charge in [-0.2, -0.15) is 0 Å². The molecule has 1 N–H and O–H groups in total. The van der Waals surface area contributed by atoms with Crippen molar-refractivity contribution in [1.29, 1.82) is 0 Å². The number of halogens is 1. The molecule has 3 aromatic rings. The van der Waals surface area contributed by atoms with Crippen LogP contribution in [0.4, 0.5) is 0 Å². The van der Waals surface area contributed by atoms with Crippen molar-refractivity contribution in [2.75, 3.05) is 0 Å². The van der Waals surface area contributed by atoms with Crippen molar-refractivity contribution >= 4 is 11.6 Å². The molecule has 0 amide bonds. The molecule has 0 fully saturated rings. The zero-order valence-electron chi connectivity index (χ0n) is 12.1. The molecular formula is C18H17ClN2O. The molecule has 0 atom stereocenters. The summed E-state index contributed by atoms with van der Waals surface area (Å²) < 4.78 is 2.13. The molecule has 0 aliphatic heterocycles. The van der Waals surface area contributed by atoms with E-state index in [1.807, 2.05) is 42.7 Å². The molecule has 112 valence electrons. The van der Waals surface area contributed by atoms with E-state index in [2.05, 4.69) is 21.7 Å². The van der Waals surface area contributed by atoms with Gasteiger partial charge in [-0.1, -0.05) is 48.0 Å². The van der Waals surface area contributed by atoms with E-state index < -0.39 is 0 Å². The monoisotopic (exact) mass is 312 g/mol. The summed E-state index contributed by atoms with van der Waals surface area (Å²) in [5.41, 5.74) is 3.13. The van der Waals surface area contributed by atoms with Crippen LogP contribution in [-0.2, 0) is 19.6 Å². The highest BCUT2D eigenvalue weighted by atomic mass is 35.5. The van der Waals surface area contributed by atoms with Crippen LogP contribution in [0.1, 0.15) is 22.5 Å². The number of imidazole rings is 1. The van der Waals surface area contributed by atoms with Crippen LogP contribution in [-0.4, -0.2) is 14.7 Å². The number of nitrogens with zero attached hydrogens (tertiary/aromatic N) is 2.